The lowest BCUT2D eigenvalue weighted by Gasteiger charge is -2.08. The Morgan fingerprint density at radius 1 is 1.04 bits per heavy atom. The van der Waals surface area contributed by atoms with Crippen LogP contribution in [0.2, 0.25) is 0 Å². The number of Topliss-reactive ketones (excluding diaryl/α,β-unsaturated/α-hetero) is 1. The largest absolute Gasteiger partial charge is 0.485 e. The van der Waals surface area contributed by atoms with Crippen molar-refractivity contribution in [3.8, 4) is 5.75 Å². The molecular formula is C20H18O4. The van der Waals surface area contributed by atoms with Gasteiger partial charge >= 0.3 is 5.63 Å². The highest BCUT2D eigenvalue weighted by Crippen LogP contribution is 2.20. The molecule has 0 amide bonds. The summed E-state index contributed by atoms with van der Waals surface area (Å²) >= 11 is 0. The van der Waals surface area contributed by atoms with E-state index in [9.17, 15) is 9.59 Å². The molecule has 0 aliphatic heterocycles. The minimum atomic E-state index is -0.416. The van der Waals surface area contributed by atoms with E-state index in [-0.39, 0.29) is 12.4 Å². The van der Waals surface area contributed by atoms with Crippen molar-refractivity contribution in [3.63, 3.8) is 0 Å². The van der Waals surface area contributed by atoms with E-state index in [0.29, 0.717) is 22.8 Å². The van der Waals surface area contributed by atoms with Gasteiger partial charge in [-0.2, -0.15) is 0 Å². The van der Waals surface area contributed by atoms with Crippen molar-refractivity contribution in [2.45, 2.75) is 19.8 Å². The maximum atomic E-state index is 12.2. The summed E-state index contributed by atoms with van der Waals surface area (Å²) in [6.45, 7) is 4.15. The molecule has 0 fully saturated rings. The van der Waals surface area contributed by atoms with Gasteiger partial charge in [-0.3, -0.25) is 4.79 Å². The second kappa shape index (κ2) is 6.71. The van der Waals surface area contributed by atoms with Crippen molar-refractivity contribution in [3.05, 3.63) is 76.1 Å². The molecule has 0 atom stereocenters. The number of hydrogen-bond donors (Lipinski definition) is 0. The third kappa shape index (κ3) is 3.54. The van der Waals surface area contributed by atoms with Crippen LogP contribution in [0.25, 0.3) is 11.0 Å². The molecule has 0 spiro atoms. The molecule has 0 saturated heterocycles. The van der Waals surface area contributed by atoms with Crippen LogP contribution in [-0.2, 0) is 0 Å². The molecule has 1 heterocycles. The van der Waals surface area contributed by atoms with Gasteiger partial charge in [0.1, 0.15) is 11.3 Å². The van der Waals surface area contributed by atoms with Crippen LogP contribution in [0.15, 0.2) is 63.8 Å². The van der Waals surface area contributed by atoms with Gasteiger partial charge in [-0.15, -0.1) is 0 Å². The number of hydrogen-bond acceptors (Lipinski definition) is 4. The minimum absolute atomic E-state index is 0.0659. The minimum Gasteiger partial charge on any atom is -0.485 e. The Morgan fingerprint density at radius 3 is 2.46 bits per heavy atom. The number of carbonyl (C=O) groups is 1. The van der Waals surface area contributed by atoms with Crippen LogP contribution in [0.5, 0.6) is 5.75 Å². The van der Waals surface area contributed by atoms with Gasteiger partial charge in [-0.05, 0) is 29.7 Å². The van der Waals surface area contributed by atoms with Crippen molar-refractivity contribution in [1.29, 1.82) is 0 Å². The first kappa shape index (κ1) is 16.0. The monoisotopic (exact) mass is 322 g/mol. The summed E-state index contributed by atoms with van der Waals surface area (Å²) in [4.78, 5) is 23.5. The van der Waals surface area contributed by atoms with Crippen LogP contribution in [-0.4, -0.2) is 12.4 Å². The van der Waals surface area contributed by atoms with Gasteiger partial charge in [0.25, 0.3) is 0 Å². The van der Waals surface area contributed by atoms with Crippen molar-refractivity contribution < 1.29 is 13.9 Å². The normalized spacial score (nSPS) is 11.0. The average Bonchev–Trinajstić information content (AvgIpc) is 2.59. The summed E-state index contributed by atoms with van der Waals surface area (Å²) < 4.78 is 10.6. The van der Waals surface area contributed by atoms with Gasteiger partial charge in [-0.1, -0.05) is 38.1 Å². The molecule has 122 valence electrons. The van der Waals surface area contributed by atoms with Gasteiger partial charge < -0.3 is 9.15 Å². The standard InChI is InChI=1S/C20H18O4/c1-13(2)14-3-5-15(6-4-14)18(21)12-23-17-9-7-16-8-10-20(22)24-19(16)11-17/h3-11,13H,12H2,1-2H3. The van der Waals surface area contributed by atoms with E-state index < -0.39 is 5.63 Å². The molecule has 3 aromatic rings. The lowest BCUT2D eigenvalue weighted by molar-refractivity contribution is 0.0921. The fraction of sp³-hybridized carbons (Fsp3) is 0.200. The zero-order valence-electron chi connectivity index (χ0n) is 13.6. The second-order valence-corrected chi connectivity index (χ2v) is 5.94. The van der Waals surface area contributed by atoms with E-state index in [2.05, 4.69) is 13.8 Å². The van der Waals surface area contributed by atoms with E-state index in [0.717, 1.165) is 5.39 Å². The average molecular weight is 322 g/mol. The molecular weight excluding hydrogens is 304 g/mol. The molecule has 2 aromatic carbocycles. The number of ketones is 1. The SMILES string of the molecule is CC(C)c1ccc(C(=O)COc2ccc3ccc(=O)oc3c2)cc1. The molecule has 3 rings (SSSR count). The molecule has 4 heteroatoms. The fourth-order valence-corrected chi connectivity index (χ4v) is 2.42. The molecule has 0 radical (unpaired) electrons. The maximum absolute atomic E-state index is 12.2. The Balaban J connectivity index is 1.70. The van der Waals surface area contributed by atoms with Crippen LogP contribution in [0.1, 0.15) is 35.7 Å². The van der Waals surface area contributed by atoms with E-state index in [1.807, 2.05) is 24.3 Å². The van der Waals surface area contributed by atoms with Gasteiger partial charge in [0.05, 0.1) is 0 Å². The molecule has 0 bridgehead atoms. The molecule has 0 aliphatic carbocycles. The summed E-state index contributed by atoms with van der Waals surface area (Å²) in [6, 6.07) is 15.8. The van der Waals surface area contributed by atoms with E-state index in [1.54, 1.807) is 24.3 Å². The quantitative estimate of drug-likeness (QED) is 0.522. The Labute approximate surface area is 139 Å². The smallest absolute Gasteiger partial charge is 0.336 e. The van der Waals surface area contributed by atoms with Crippen molar-refractivity contribution in [2.75, 3.05) is 6.61 Å². The first-order chi connectivity index (χ1) is 11.5. The molecule has 0 aliphatic rings. The van der Waals surface area contributed by atoms with Crippen LogP contribution < -0.4 is 10.4 Å². The van der Waals surface area contributed by atoms with Crippen molar-refractivity contribution >= 4 is 16.8 Å². The predicted octanol–water partition coefficient (Wildman–Crippen LogP) is 4.18. The number of carbonyl (C=O) groups excluding carboxylic acids is 1. The van der Waals surface area contributed by atoms with Crippen LogP contribution in [0, 0.1) is 0 Å². The van der Waals surface area contributed by atoms with E-state index >= 15 is 0 Å². The summed E-state index contributed by atoms with van der Waals surface area (Å²) in [5.74, 6) is 0.821. The lowest BCUT2D eigenvalue weighted by atomic mass is 10.0. The second-order valence-electron chi connectivity index (χ2n) is 5.94. The van der Waals surface area contributed by atoms with Gasteiger partial charge in [0.15, 0.2) is 12.4 Å². The number of rotatable bonds is 5. The number of ether oxygens (including phenoxy) is 1. The van der Waals surface area contributed by atoms with Gasteiger partial charge in [-0.25, -0.2) is 4.79 Å². The van der Waals surface area contributed by atoms with Gasteiger partial charge in [0, 0.05) is 23.1 Å². The third-order valence-electron chi connectivity index (χ3n) is 3.86. The Hall–Kier alpha value is -2.88. The molecule has 4 nitrogen and oxygen atoms in total. The molecule has 0 N–H and O–H groups in total. The zero-order chi connectivity index (χ0) is 17.1. The molecule has 1 aromatic heterocycles. The Morgan fingerprint density at radius 2 is 1.75 bits per heavy atom. The fourth-order valence-electron chi connectivity index (χ4n) is 2.42. The summed E-state index contributed by atoms with van der Waals surface area (Å²) in [6.07, 6.45) is 0. The third-order valence-corrected chi connectivity index (χ3v) is 3.86. The highest BCUT2D eigenvalue weighted by molar-refractivity contribution is 5.97. The highest BCUT2D eigenvalue weighted by Gasteiger charge is 2.08. The van der Waals surface area contributed by atoms with Crippen molar-refractivity contribution in [2.24, 2.45) is 0 Å². The predicted molar refractivity (Wildman–Crippen MR) is 92.8 cm³/mol. The molecule has 0 unspecified atom stereocenters. The molecule has 0 saturated carbocycles. The van der Waals surface area contributed by atoms with E-state index in [4.69, 9.17) is 9.15 Å². The first-order valence-corrected chi connectivity index (χ1v) is 7.83. The first-order valence-electron chi connectivity index (χ1n) is 7.83. The zero-order valence-corrected chi connectivity index (χ0v) is 13.6. The summed E-state index contributed by atoms with van der Waals surface area (Å²) in [5, 5.41) is 0.803. The summed E-state index contributed by atoms with van der Waals surface area (Å²) in [7, 11) is 0. The Kier molecular flexibility index (Phi) is 4.47. The lowest BCUT2D eigenvalue weighted by Crippen LogP contribution is -2.11. The maximum Gasteiger partial charge on any atom is 0.336 e. The van der Waals surface area contributed by atoms with Crippen molar-refractivity contribution in [1.82, 2.24) is 0 Å². The van der Waals surface area contributed by atoms with Crippen LogP contribution in [0.3, 0.4) is 0 Å². The van der Waals surface area contributed by atoms with Gasteiger partial charge in [0.2, 0.25) is 0 Å². The number of benzene rings is 2. The summed E-state index contributed by atoms with van der Waals surface area (Å²) in [5.41, 5.74) is 1.83. The molecule has 24 heavy (non-hydrogen) atoms. The topological polar surface area (TPSA) is 56.5 Å². The van der Waals surface area contributed by atoms with E-state index in [1.165, 1.54) is 11.6 Å². The highest BCUT2D eigenvalue weighted by atomic mass is 16.5. The van der Waals surface area contributed by atoms with Crippen LogP contribution >= 0.6 is 0 Å². The van der Waals surface area contributed by atoms with Crippen LogP contribution in [0.4, 0.5) is 0 Å². The number of fused-ring (bicyclic) bond motifs is 1. The Bertz CT molecular complexity index is 920.